The van der Waals surface area contributed by atoms with Crippen molar-refractivity contribution in [1.82, 2.24) is 4.98 Å². The number of thiazole rings is 1. The van der Waals surface area contributed by atoms with Crippen molar-refractivity contribution in [1.29, 1.82) is 0 Å². The summed E-state index contributed by atoms with van der Waals surface area (Å²) in [5.41, 5.74) is 2.34. The monoisotopic (exact) mass is 266 g/mol. The van der Waals surface area contributed by atoms with Gasteiger partial charge in [-0.05, 0) is 18.9 Å². The fourth-order valence-electron chi connectivity index (χ4n) is 1.64. The van der Waals surface area contributed by atoms with Crippen LogP contribution in [0.1, 0.15) is 11.3 Å². The third-order valence-corrected chi connectivity index (χ3v) is 3.72. The average Bonchev–Trinajstić information content (AvgIpc) is 2.75. The van der Waals surface area contributed by atoms with Crippen LogP contribution in [-0.4, -0.2) is 16.9 Å². The topological polar surface area (TPSA) is 24.9 Å². The maximum atomic E-state index is 5.99. The third-order valence-electron chi connectivity index (χ3n) is 2.46. The number of benzene rings is 1. The Kier molecular flexibility index (Phi) is 4.40. The highest BCUT2D eigenvalue weighted by atomic mass is 35.5. The molecule has 2 rings (SSSR count). The molecule has 17 heavy (non-hydrogen) atoms. The van der Waals surface area contributed by atoms with E-state index >= 15 is 0 Å². The fourth-order valence-corrected chi connectivity index (χ4v) is 2.59. The number of hydrogen-bond donors (Lipinski definition) is 1. The summed E-state index contributed by atoms with van der Waals surface area (Å²) in [6.45, 7) is 1.99. The molecular formula is C13H15ClN2S. The molecule has 0 radical (unpaired) electrons. The first-order valence-electron chi connectivity index (χ1n) is 5.56. The number of rotatable bonds is 5. The van der Waals surface area contributed by atoms with Crippen molar-refractivity contribution in [3.63, 3.8) is 0 Å². The number of halogens is 1. The number of aryl methyl sites for hydroxylation is 1. The van der Waals surface area contributed by atoms with Crippen LogP contribution in [0.5, 0.6) is 0 Å². The summed E-state index contributed by atoms with van der Waals surface area (Å²) in [6.07, 6.45) is 0.920. The van der Waals surface area contributed by atoms with Crippen LogP contribution in [-0.2, 0) is 6.42 Å². The number of anilines is 1. The Labute approximate surface area is 111 Å². The van der Waals surface area contributed by atoms with Gasteiger partial charge in [0.15, 0.2) is 5.13 Å². The lowest BCUT2D eigenvalue weighted by Gasteiger charge is -2.15. The highest BCUT2D eigenvalue weighted by Gasteiger charge is 2.09. The Morgan fingerprint density at radius 3 is 2.71 bits per heavy atom. The quantitative estimate of drug-likeness (QED) is 0.835. The van der Waals surface area contributed by atoms with Gasteiger partial charge in [-0.1, -0.05) is 30.3 Å². The summed E-state index contributed by atoms with van der Waals surface area (Å²) in [7, 11) is 0. The van der Waals surface area contributed by atoms with Crippen LogP contribution in [0.25, 0.3) is 0 Å². The second-order valence-corrected chi connectivity index (χ2v) is 5.15. The fraction of sp³-hybridized carbons (Fsp3) is 0.308. The minimum Gasteiger partial charge on any atom is -0.357 e. The van der Waals surface area contributed by atoms with Gasteiger partial charge in [-0.25, -0.2) is 4.98 Å². The van der Waals surface area contributed by atoms with Gasteiger partial charge in [-0.15, -0.1) is 22.9 Å². The van der Waals surface area contributed by atoms with E-state index in [0.717, 1.165) is 17.2 Å². The summed E-state index contributed by atoms with van der Waals surface area (Å²) in [5.74, 6) is 0.577. The minimum atomic E-state index is 0.226. The molecule has 0 fully saturated rings. The summed E-state index contributed by atoms with van der Waals surface area (Å²) >= 11 is 7.61. The molecular weight excluding hydrogens is 252 g/mol. The molecule has 1 N–H and O–H groups in total. The smallest absolute Gasteiger partial charge is 0.183 e. The molecule has 0 aliphatic heterocycles. The van der Waals surface area contributed by atoms with Crippen molar-refractivity contribution in [2.45, 2.75) is 19.4 Å². The van der Waals surface area contributed by atoms with Crippen LogP contribution in [0, 0.1) is 6.92 Å². The van der Waals surface area contributed by atoms with Crippen molar-refractivity contribution in [3.05, 3.63) is 47.0 Å². The average molecular weight is 267 g/mol. The molecule has 4 heteroatoms. The minimum absolute atomic E-state index is 0.226. The van der Waals surface area contributed by atoms with Crippen molar-refractivity contribution in [2.75, 3.05) is 11.2 Å². The van der Waals surface area contributed by atoms with Crippen LogP contribution in [0.4, 0.5) is 5.13 Å². The van der Waals surface area contributed by atoms with Crippen molar-refractivity contribution in [2.24, 2.45) is 0 Å². The molecule has 0 aliphatic rings. The van der Waals surface area contributed by atoms with Gasteiger partial charge in [0.1, 0.15) is 0 Å². The SMILES string of the molecule is Cc1csc(NC(CCl)Cc2ccccc2)n1. The normalized spacial score (nSPS) is 12.4. The molecule has 0 saturated heterocycles. The molecule has 1 unspecified atom stereocenters. The molecule has 0 aliphatic carbocycles. The van der Waals surface area contributed by atoms with Crippen molar-refractivity contribution < 1.29 is 0 Å². The van der Waals surface area contributed by atoms with Gasteiger partial charge in [-0.3, -0.25) is 0 Å². The number of nitrogens with zero attached hydrogens (tertiary/aromatic N) is 1. The van der Waals surface area contributed by atoms with E-state index < -0.39 is 0 Å². The Hall–Kier alpha value is -1.06. The van der Waals surface area contributed by atoms with Gasteiger partial charge in [0.25, 0.3) is 0 Å². The van der Waals surface area contributed by atoms with Gasteiger partial charge in [0.05, 0.1) is 5.69 Å². The van der Waals surface area contributed by atoms with E-state index in [9.17, 15) is 0 Å². The van der Waals surface area contributed by atoms with E-state index in [2.05, 4.69) is 22.4 Å². The molecule has 1 atom stereocenters. The summed E-state index contributed by atoms with van der Waals surface area (Å²) in [6, 6.07) is 10.6. The van der Waals surface area contributed by atoms with E-state index in [0.29, 0.717) is 5.88 Å². The van der Waals surface area contributed by atoms with Gasteiger partial charge in [0.2, 0.25) is 0 Å². The molecule has 2 nitrogen and oxygen atoms in total. The molecule has 1 aromatic carbocycles. The highest BCUT2D eigenvalue weighted by Crippen LogP contribution is 2.17. The molecule has 0 saturated carbocycles. The Morgan fingerprint density at radius 1 is 1.35 bits per heavy atom. The lowest BCUT2D eigenvalue weighted by molar-refractivity contribution is 0.795. The highest BCUT2D eigenvalue weighted by molar-refractivity contribution is 7.13. The number of aromatic nitrogens is 1. The molecule has 0 spiro atoms. The first kappa shape index (κ1) is 12.4. The lowest BCUT2D eigenvalue weighted by Crippen LogP contribution is -2.23. The maximum absolute atomic E-state index is 5.99. The molecule has 2 aromatic rings. The summed E-state index contributed by atoms with van der Waals surface area (Å²) < 4.78 is 0. The van der Waals surface area contributed by atoms with Crippen LogP contribution >= 0.6 is 22.9 Å². The standard InChI is InChI=1S/C13H15ClN2S/c1-10-9-17-13(15-10)16-12(8-14)7-11-5-3-2-4-6-11/h2-6,9,12H,7-8H2,1H3,(H,15,16). The zero-order valence-electron chi connectivity index (χ0n) is 9.69. The molecule has 1 heterocycles. The van der Waals surface area contributed by atoms with Crippen LogP contribution in [0.15, 0.2) is 35.7 Å². The first-order chi connectivity index (χ1) is 8.28. The Morgan fingerprint density at radius 2 is 2.12 bits per heavy atom. The zero-order valence-corrected chi connectivity index (χ0v) is 11.3. The Bertz CT molecular complexity index is 455. The number of alkyl halides is 1. The van der Waals surface area contributed by atoms with Crippen LogP contribution < -0.4 is 5.32 Å². The van der Waals surface area contributed by atoms with E-state index in [-0.39, 0.29) is 6.04 Å². The number of nitrogens with one attached hydrogen (secondary N) is 1. The molecule has 1 aromatic heterocycles. The van der Waals surface area contributed by atoms with Gasteiger partial charge >= 0.3 is 0 Å². The predicted molar refractivity (Wildman–Crippen MR) is 75.1 cm³/mol. The maximum Gasteiger partial charge on any atom is 0.183 e. The second-order valence-electron chi connectivity index (χ2n) is 3.98. The largest absolute Gasteiger partial charge is 0.357 e. The Balaban J connectivity index is 1.98. The summed E-state index contributed by atoms with van der Waals surface area (Å²) in [4.78, 5) is 4.39. The van der Waals surface area contributed by atoms with Gasteiger partial charge in [-0.2, -0.15) is 0 Å². The number of hydrogen-bond acceptors (Lipinski definition) is 3. The van der Waals surface area contributed by atoms with E-state index in [1.165, 1.54) is 5.56 Å². The summed E-state index contributed by atoms with van der Waals surface area (Å²) in [5, 5.41) is 6.36. The van der Waals surface area contributed by atoms with Crippen molar-refractivity contribution in [3.8, 4) is 0 Å². The van der Waals surface area contributed by atoms with Gasteiger partial charge in [0, 0.05) is 17.3 Å². The third kappa shape index (κ3) is 3.72. The zero-order chi connectivity index (χ0) is 12.1. The second kappa shape index (κ2) is 6.03. The first-order valence-corrected chi connectivity index (χ1v) is 6.98. The lowest BCUT2D eigenvalue weighted by atomic mass is 10.1. The molecule has 0 bridgehead atoms. The molecule has 90 valence electrons. The van der Waals surface area contributed by atoms with E-state index in [1.54, 1.807) is 11.3 Å². The van der Waals surface area contributed by atoms with Gasteiger partial charge < -0.3 is 5.32 Å². The predicted octanol–water partition coefficient (Wildman–Crippen LogP) is 3.71. The van der Waals surface area contributed by atoms with Crippen molar-refractivity contribution >= 4 is 28.1 Å². The molecule has 0 amide bonds. The van der Waals surface area contributed by atoms with E-state index in [1.807, 2.05) is 30.5 Å². The van der Waals surface area contributed by atoms with E-state index in [4.69, 9.17) is 11.6 Å². The van der Waals surface area contributed by atoms with Crippen LogP contribution in [0.2, 0.25) is 0 Å². The van der Waals surface area contributed by atoms with Crippen LogP contribution in [0.3, 0.4) is 0 Å².